The summed E-state index contributed by atoms with van der Waals surface area (Å²) in [6.07, 6.45) is 0.471. The number of rotatable bonds is 4. The Morgan fingerprint density at radius 1 is 1.20 bits per heavy atom. The number of hydrogen-bond donors (Lipinski definition) is 1. The molecule has 1 aliphatic heterocycles. The van der Waals surface area contributed by atoms with E-state index in [-0.39, 0.29) is 39.6 Å². The molecule has 30 heavy (non-hydrogen) atoms. The molecule has 2 aliphatic rings. The van der Waals surface area contributed by atoms with Crippen molar-refractivity contribution in [2.45, 2.75) is 105 Å². The van der Waals surface area contributed by atoms with Gasteiger partial charge in [0.25, 0.3) is 0 Å². The standard InChI is InChI=1S/C24H42O5Si/c1-14(2)23(9)13-16(29-30(11,12)21(4,5)6)24(10)19(22(23,7)8)18(25)17(20(26)27)15(3)28-24/h14,16,19H,13H2,1-12H3,(H,26,27)/t16-,19+,23-,24+/m0/s1. The number of carbonyl (C=O) groups excluding carboxylic acids is 1. The van der Waals surface area contributed by atoms with Gasteiger partial charge >= 0.3 is 5.97 Å². The molecule has 0 radical (unpaired) electrons. The van der Waals surface area contributed by atoms with Gasteiger partial charge in [-0.05, 0) is 55.1 Å². The molecule has 1 aliphatic carbocycles. The number of fused-ring (bicyclic) bond motifs is 1. The SMILES string of the molecule is CC1=C(C(=O)O)C(=O)[C@@H]2C(C)(C)[C@](C)(C(C)C)C[C@H](O[Si](C)(C)C(C)(C)C)[C@@]2(C)O1. The number of Topliss-reactive ketones (excluding diaryl/α,β-unsaturated/α-hetero) is 1. The molecular weight excluding hydrogens is 396 g/mol. The van der Waals surface area contributed by atoms with Crippen LogP contribution in [0.2, 0.25) is 18.1 Å². The average molecular weight is 439 g/mol. The van der Waals surface area contributed by atoms with Crippen LogP contribution >= 0.6 is 0 Å². The fraction of sp³-hybridized carbons (Fsp3) is 0.833. The van der Waals surface area contributed by atoms with Crippen molar-refractivity contribution < 1.29 is 23.9 Å². The van der Waals surface area contributed by atoms with Crippen LogP contribution in [0, 0.1) is 22.7 Å². The molecule has 5 nitrogen and oxygen atoms in total. The van der Waals surface area contributed by atoms with Crippen LogP contribution < -0.4 is 0 Å². The summed E-state index contributed by atoms with van der Waals surface area (Å²) in [4.78, 5) is 25.6. The van der Waals surface area contributed by atoms with E-state index in [0.29, 0.717) is 0 Å². The Morgan fingerprint density at radius 3 is 2.10 bits per heavy atom. The Morgan fingerprint density at radius 2 is 1.70 bits per heavy atom. The molecule has 0 aromatic rings. The predicted molar refractivity (Wildman–Crippen MR) is 122 cm³/mol. The van der Waals surface area contributed by atoms with Crippen LogP contribution in [-0.2, 0) is 18.8 Å². The zero-order valence-electron chi connectivity index (χ0n) is 21.0. The van der Waals surface area contributed by atoms with Crippen molar-refractivity contribution in [3.8, 4) is 0 Å². The number of carboxylic acids is 1. The van der Waals surface area contributed by atoms with E-state index in [2.05, 4.69) is 68.5 Å². The fourth-order valence-electron chi connectivity index (χ4n) is 5.42. The number of ketones is 1. The Bertz CT molecular complexity index is 773. The normalized spacial score (nSPS) is 34.6. The minimum Gasteiger partial charge on any atom is -0.488 e. The van der Waals surface area contributed by atoms with Crippen LogP contribution in [0.3, 0.4) is 0 Å². The van der Waals surface area contributed by atoms with Crippen molar-refractivity contribution in [3.63, 3.8) is 0 Å². The quantitative estimate of drug-likeness (QED) is 0.443. The number of allylic oxidation sites excluding steroid dienone is 1. The van der Waals surface area contributed by atoms with Gasteiger partial charge < -0.3 is 14.3 Å². The molecule has 2 rings (SSSR count). The summed E-state index contributed by atoms with van der Waals surface area (Å²) in [6.45, 7) is 25.4. The Hall–Kier alpha value is -1.14. The molecule has 0 bridgehead atoms. The summed E-state index contributed by atoms with van der Waals surface area (Å²) in [7, 11) is -2.17. The summed E-state index contributed by atoms with van der Waals surface area (Å²) in [5.74, 6) is -1.66. The fourth-order valence-corrected chi connectivity index (χ4v) is 6.80. The lowest BCUT2D eigenvalue weighted by molar-refractivity contribution is -0.226. The van der Waals surface area contributed by atoms with Gasteiger partial charge in [-0.25, -0.2) is 4.79 Å². The molecule has 0 aromatic carbocycles. The molecular formula is C24H42O5Si. The molecule has 0 aromatic heterocycles. The van der Waals surface area contributed by atoms with Crippen molar-refractivity contribution in [3.05, 3.63) is 11.3 Å². The van der Waals surface area contributed by atoms with Gasteiger partial charge in [0.05, 0.1) is 12.0 Å². The molecule has 0 saturated heterocycles. The average Bonchev–Trinajstić information content (AvgIpc) is 2.49. The second kappa shape index (κ2) is 7.19. The molecule has 0 amide bonds. The van der Waals surface area contributed by atoms with E-state index in [1.165, 1.54) is 0 Å². The van der Waals surface area contributed by atoms with E-state index in [0.717, 1.165) is 6.42 Å². The van der Waals surface area contributed by atoms with Gasteiger partial charge in [-0.1, -0.05) is 55.4 Å². The molecule has 0 unspecified atom stereocenters. The third-order valence-corrected chi connectivity index (χ3v) is 13.5. The van der Waals surface area contributed by atoms with Gasteiger partial charge in [-0.15, -0.1) is 0 Å². The highest BCUT2D eigenvalue weighted by Crippen LogP contribution is 2.64. The third kappa shape index (κ3) is 3.48. The largest absolute Gasteiger partial charge is 0.488 e. The molecule has 1 fully saturated rings. The van der Waals surface area contributed by atoms with Gasteiger partial charge in [-0.2, -0.15) is 0 Å². The summed E-state index contributed by atoms with van der Waals surface area (Å²) in [5, 5.41) is 9.75. The molecule has 172 valence electrons. The van der Waals surface area contributed by atoms with Crippen molar-refractivity contribution in [2.24, 2.45) is 22.7 Å². The second-order valence-electron chi connectivity index (χ2n) is 12.2. The maximum Gasteiger partial charge on any atom is 0.342 e. The first kappa shape index (κ1) is 25.1. The molecule has 1 heterocycles. The maximum absolute atomic E-state index is 13.7. The van der Waals surface area contributed by atoms with E-state index >= 15 is 0 Å². The van der Waals surface area contributed by atoms with Crippen LogP contribution in [0.15, 0.2) is 11.3 Å². The second-order valence-corrected chi connectivity index (χ2v) is 16.9. The van der Waals surface area contributed by atoms with Crippen LogP contribution in [0.25, 0.3) is 0 Å². The van der Waals surface area contributed by atoms with Crippen molar-refractivity contribution in [2.75, 3.05) is 0 Å². The minimum absolute atomic E-state index is 0.00976. The smallest absolute Gasteiger partial charge is 0.342 e. The Labute approximate surface area is 183 Å². The highest BCUT2D eigenvalue weighted by Gasteiger charge is 2.68. The molecule has 0 spiro atoms. The monoisotopic (exact) mass is 438 g/mol. The topological polar surface area (TPSA) is 72.8 Å². The van der Waals surface area contributed by atoms with E-state index in [4.69, 9.17) is 9.16 Å². The van der Waals surface area contributed by atoms with Gasteiger partial charge in [0, 0.05) is 0 Å². The van der Waals surface area contributed by atoms with Crippen LogP contribution in [0.4, 0.5) is 0 Å². The maximum atomic E-state index is 13.7. The van der Waals surface area contributed by atoms with E-state index in [1.807, 2.05) is 6.92 Å². The number of aliphatic carboxylic acids is 1. The minimum atomic E-state index is -2.17. The van der Waals surface area contributed by atoms with Gasteiger partial charge in [0.2, 0.25) is 0 Å². The number of carboxylic acid groups (broad SMARTS) is 1. The van der Waals surface area contributed by atoms with Gasteiger partial charge in [-0.3, -0.25) is 4.79 Å². The number of ether oxygens (including phenoxy) is 1. The van der Waals surface area contributed by atoms with Crippen LogP contribution in [0.5, 0.6) is 0 Å². The number of hydrogen-bond acceptors (Lipinski definition) is 4. The Balaban J connectivity index is 2.74. The van der Waals surface area contributed by atoms with Crippen LogP contribution in [0.1, 0.15) is 75.7 Å². The highest BCUT2D eigenvalue weighted by molar-refractivity contribution is 6.74. The number of carbonyl (C=O) groups is 2. The van der Waals surface area contributed by atoms with E-state index in [9.17, 15) is 14.7 Å². The van der Waals surface area contributed by atoms with Crippen LogP contribution in [-0.4, -0.2) is 36.9 Å². The summed E-state index contributed by atoms with van der Waals surface area (Å²) < 4.78 is 13.3. The Kier molecular flexibility index (Phi) is 6.02. The molecule has 4 atom stereocenters. The molecule has 6 heteroatoms. The lowest BCUT2D eigenvalue weighted by Crippen LogP contribution is -2.70. The lowest BCUT2D eigenvalue weighted by atomic mass is 9.44. The van der Waals surface area contributed by atoms with Crippen molar-refractivity contribution in [1.29, 1.82) is 0 Å². The van der Waals surface area contributed by atoms with E-state index < -0.39 is 31.2 Å². The van der Waals surface area contributed by atoms with Gasteiger partial charge in [0.1, 0.15) is 16.9 Å². The molecule has 1 saturated carbocycles. The van der Waals surface area contributed by atoms with Gasteiger partial charge in [0.15, 0.2) is 14.1 Å². The predicted octanol–water partition coefficient (Wildman–Crippen LogP) is 5.80. The van der Waals surface area contributed by atoms with E-state index in [1.54, 1.807) is 6.92 Å². The zero-order valence-corrected chi connectivity index (χ0v) is 22.0. The summed E-state index contributed by atoms with van der Waals surface area (Å²) >= 11 is 0. The zero-order chi connectivity index (χ0) is 23.7. The van der Waals surface area contributed by atoms with Crippen molar-refractivity contribution >= 4 is 20.1 Å². The van der Waals surface area contributed by atoms with Crippen molar-refractivity contribution in [1.82, 2.24) is 0 Å². The summed E-state index contributed by atoms with van der Waals surface area (Å²) in [5.41, 5.74) is -1.82. The lowest BCUT2D eigenvalue weighted by Gasteiger charge is -2.64. The first-order chi connectivity index (χ1) is 13.2. The first-order valence-electron chi connectivity index (χ1n) is 11.1. The first-order valence-corrected chi connectivity index (χ1v) is 14.0. The molecule has 1 N–H and O–H groups in total. The summed E-state index contributed by atoms with van der Waals surface area (Å²) in [6, 6.07) is 0. The third-order valence-electron chi connectivity index (χ3n) is 8.98. The highest BCUT2D eigenvalue weighted by atomic mass is 28.4.